The SMILES string of the molecule is Cc1sc2c(c1C)C(c1ccc(Cl)cc1)=N[C@@H](CC(=O)Nc1ccc(OC3CN([C@H]4CCCN(C5CN(c6ccc7c(c6)C(=O)N(C6CCC(=O)NC6=O)C7=O)C5)C4)C3)cc1)c1nnc(C)n1-2. The number of imide groups is 2. The van der Waals surface area contributed by atoms with E-state index in [9.17, 15) is 24.0 Å². The van der Waals surface area contributed by atoms with E-state index in [1.54, 1.807) is 23.5 Å². The van der Waals surface area contributed by atoms with Gasteiger partial charge in [-0.2, -0.15) is 0 Å². The van der Waals surface area contributed by atoms with Crippen LogP contribution in [0.25, 0.3) is 5.00 Å². The van der Waals surface area contributed by atoms with Gasteiger partial charge in [0.25, 0.3) is 11.8 Å². The summed E-state index contributed by atoms with van der Waals surface area (Å²) in [5, 5.41) is 15.9. The number of aliphatic imine (C=N–C) groups is 1. The van der Waals surface area contributed by atoms with Crippen molar-refractivity contribution in [3.8, 4) is 10.8 Å². The topological polar surface area (TPSA) is 175 Å². The van der Waals surface area contributed by atoms with Gasteiger partial charge in [-0.3, -0.25) is 53.5 Å². The van der Waals surface area contributed by atoms with Crippen molar-refractivity contribution in [1.29, 1.82) is 0 Å². The number of anilines is 2. The predicted octanol–water partition coefficient (Wildman–Crippen LogP) is 5.65. The Morgan fingerprint density at radius 1 is 0.866 bits per heavy atom. The lowest BCUT2D eigenvalue weighted by molar-refractivity contribution is -0.136. The maximum atomic E-state index is 13.7. The second kappa shape index (κ2) is 17.1. The lowest BCUT2D eigenvalue weighted by Gasteiger charge is -2.52. The molecule has 18 heteroatoms. The number of thiophene rings is 1. The van der Waals surface area contributed by atoms with Crippen LogP contribution in [0.4, 0.5) is 11.4 Å². The van der Waals surface area contributed by atoms with E-state index >= 15 is 0 Å². The lowest BCUT2D eigenvalue weighted by Crippen LogP contribution is -2.66. The average molecular weight is 942 g/mol. The highest BCUT2D eigenvalue weighted by atomic mass is 35.5. The number of benzene rings is 3. The number of piperidine rings is 2. The van der Waals surface area contributed by atoms with Crippen molar-refractivity contribution < 1.29 is 28.7 Å². The molecule has 3 atom stereocenters. The van der Waals surface area contributed by atoms with Gasteiger partial charge in [0, 0.05) is 83.6 Å². The fourth-order valence-corrected chi connectivity index (χ4v) is 11.7. The lowest BCUT2D eigenvalue weighted by atomic mass is 9.95. The van der Waals surface area contributed by atoms with E-state index in [1.165, 1.54) is 4.88 Å². The molecule has 6 aliphatic heterocycles. The minimum Gasteiger partial charge on any atom is -0.488 e. The number of hydrogen-bond acceptors (Lipinski definition) is 13. The zero-order valence-corrected chi connectivity index (χ0v) is 38.9. The smallest absolute Gasteiger partial charge is 0.262 e. The predicted molar refractivity (Wildman–Crippen MR) is 253 cm³/mol. The number of hydrogen-bond donors (Lipinski definition) is 2. The van der Waals surface area contributed by atoms with Crippen molar-refractivity contribution in [2.45, 2.75) is 83.1 Å². The van der Waals surface area contributed by atoms with E-state index in [2.05, 4.69) is 49.4 Å². The number of halogens is 1. The summed E-state index contributed by atoms with van der Waals surface area (Å²) in [7, 11) is 0. The molecule has 5 aromatic rings. The van der Waals surface area contributed by atoms with Crippen LogP contribution in [0, 0.1) is 20.8 Å². The quantitative estimate of drug-likeness (QED) is 0.166. The molecule has 0 spiro atoms. The molecule has 344 valence electrons. The molecule has 5 amide bonds. The standard InChI is InChI=1S/C49H49ClN10O6S/c1-26-27(2)67-49-43(26)44(29-6-8-30(50)9-7-29)52-39(45-55-54-28(3)59(45)49)20-42(62)51-31-10-13-35(14-11-31)66-36-24-58(25-36)33-5-4-18-56(21-33)34-22-57(23-34)32-12-15-37-38(19-32)48(65)60(47(37)64)40-16-17-41(61)53-46(40)63/h6-15,19,33-34,36,39-40H,4-5,16-18,20-25H2,1-3H3,(H,51,62)(H,53,61,63)/t33-,39-,40?/m0/s1. The molecule has 1 unspecified atom stereocenters. The van der Waals surface area contributed by atoms with Crippen LogP contribution in [0.1, 0.15) is 92.1 Å². The molecule has 2 aromatic heterocycles. The number of ether oxygens (including phenoxy) is 1. The Labute approximate surface area is 395 Å². The number of carbonyl (C=O) groups is 5. The maximum Gasteiger partial charge on any atom is 0.262 e. The molecule has 67 heavy (non-hydrogen) atoms. The molecule has 4 saturated heterocycles. The first-order valence-corrected chi connectivity index (χ1v) is 24.1. The third-order valence-corrected chi connectivity index (χ3v) is 15.6. The molecule has 3 aromatic carbocycles. The molecule has 0 radical (unpaired) electrons. The van der Waals surface area contributed by atoms with Crippen molar-refractivity contribution in [1.82, 2.24) is 34.8 Å². The highest BCUT2D eigenvalue weighted by molar-refractivity contribution is 7.15. The molecule has 8 heterocycles. The van der Waals surface area contributed by atoms with E-state index in [1.807, 2.05) is 66.1 Å². The van der Waals surface area contributed by atoms with Gasteiger partial charge in [-0.15, -0.1) is 21.5 Å². The normalized spacial score (nSPS) is 22.3. The Kier molecular flexibility index (Phi) is 11.1. The molecular formula is C49H49ClN10O6S. The number of aromatic nitrogens is 3. The van der Waals surface area contributed by atoms with Gasteiger partial charge < -0.3 is 15.0 Å². The van der Waals surface area contributed by atoms with Crippen molar-refractivity contribution in [3.63, 3.8) is 0 Å². The van der Waals surface area contributed by atoms with Crippen molar-refractivity contribution in [2.75, 3.05) is 49.5 Å². The number of nitrogens with one attached hydrogen (secondary N) is 2. The van der Waals surface area contributed by atoms with Crippen LogP contribution in [-0.4, -0.2) is 128 Å². The Bertz CT molecular complexity index is 2880. The van der Waals surface area contributed by atoms with Crippen LogP contribution in [0.5, 0.6) is 5.75 Å². The molecule has 0 bridgehead atoms. The minimum absolute atomic E-state index is 0.0740. The first kappa shape index (κ1) is 43.3. The van der Waals surface area contributed by atoms with E-state index in [0.29, 0.717) is 39.7 Å². The van der Waals surface area contributed by atoms with Gasteiger partial charge in [0.2, 0.25) is 17.7 Å². The van der Waals surface area contributed by atoms with E-state index in [0.717, 1.165) is 102 Å². The number of nitrogens with zero attached hydrogens (tertiary/aromatic N) is 8. The maximum absolute atomic E-state index is 13.7. The van der Waals surface area contributed by atoms with Crippen LogP contribution in [0.15, 0.2) is 71.7 Å². The molecular weight excluding hydrogens is 892 g/mol. The fourth-order valence-electron chi connectivity index (χ4n) is 10.3. The summed E-state index contributed by atoms with van der Waals surface area (Å²) in [5.41, 5.74) is 6.01. The molecule has 16 nitrogen and oxygen atoms in total. The summed E-state index contributed by atoms with van der Waals surface area (Å²) in [4.78, 5) is 79.1. The average Bonchev–Trinajstić information content (AvgIpc) is 3.86. The zero-order valence-electron chi connectivity index (χ0n) is 37.3. The summed E-state index contributed by atoms with van der Waals surface area (Å²) < 4.78 is 8.42. The number of aryl methyl sites for hydroxylation is 2. The Morgan fingerprint density at radius 3 is 2.39 bits per heavy atom. The largest absolute Gasteiger partial charge is 0.488 e. The summed E-state index contributed by atoms with van der Waals surface area (Å²) in [6, 6.07) is 19.8. The van der Waals surface area contributed by atoms with Crippen molar-refractivity contribution in [2.24, 2.45) is 4.99 Å². The number of carbonyl (C=O) groups excluding carboxylic acids is 5. The van der Waals surface area contributed by atoms with E-state index < -0.39 is 35.7 Å². The number of likely N-dealkylation sites (tertiary alicyclic amines) is 2. The molecule has 4 fully saturated rings. The summed E-state index contributed by atoms with van der Waals surface area (Å²) in [6.45, 7) is 11.5. The van der Waals surface area contributed by atoms with Gasteiger partial charge in [-0.1, -0.05) is 23.7 Å². The first-order valence-electron chi connectivity index (χ1n) is 22.9. The third-order valence-electron chi connectivity index (χ3n) is 14.2. The Morgan fingerprint density at radius 2 is 1.63 bits per heavy atom. The van der Waals surface area contributed by atoms with Crippen LogP contribution in [-0.2, 0) is 14.4 Å². The third kappa shape index (κ3) is 7.90. The highest BCUT2D eigenvalue weighted by Gasteiger charge is 2.46. The summed E-state index contributed by atoms with van der Waals surface area (Å²) in [5.74, 6) is -0.0522. The Balaban J connectivity index is 0.667. The number of fused-ring (bicyclic) bond motifs is 4. The minimum atomic E-state index is -0.979. The van der Waals surface area contributed by atoms with E-state index in [4.69, 9.17) is 21.3 Å². The van der Waals surface area contributed by atoms with Gasteiger partial charge in [-0.25, -0.2) is 0 Å². The molecule has 11 rings (SSSR count). The van der Waals surface area contributed by atoms with Gasteiger partial charge in [0.05, 0.1) is 23.3 Å². The first-order chi connectivity index (χ1) is 32.4. The Hall–Kier alpha value is -6.27. The van der Waals surface area contributed by atoms with Gasteiger partial charge in [0.1, 0.15) is 34.8 Å². The van der Waals surface area contributed by atoms with Crippen LogP contribution >= 0.6 is 22.9 Å². The highest BCUT2D eigenvalue weighted by Crippen LogP contribution is 2.40. The van der Waals surface area contributed by atoms with Gasteiger partial charge in [0.15, 0.2) is 5.82 Å². The molecule has 0 aliphatic carbocycles. The fraction of sp³-hybridized carbons (Fsp3) is 0.388. The molecule has 2 N–H and O–H groups in total. The summed E-state index contributed by atoms with van der Waals surface area (Å²) in [6.07, 6.45) is 2.63. The van der Waals surface area contributed by atoms with Crippen LogP contribution < -0.4 is 20.3 Å². The number of rotatable bonds is 10. The number of amides is 5. The van der Waals surface area contributed by atoms with E-state index in [-0.39, 0.29) is 31.3 Å². The monoisotopic (exact) mass is 940 g/mol. The van der Waals surface area contributed by atoms with Gasteiger partial charge >= 0.3 is 0 Å². The van der Waals surface area contributed by atoms with Crippen LogP contribution in [0.3, 0.4) is 0 Å². The molecule has 6 aliphatic rings. The second-order valence-electron chi connectivity index (χ2n) is 18.4. The van der Waals surface area contributed by atoms with Crippen LogP contribution in [0.2, 0.25) is 5.02 Å². The molecule has 0 saturated carbocycles. The zero-order chi connectivity index (χ0) is 46.2. The van der Waals surface area contributed by atoms with Crippen molar-refractivity contribution >= 4 is 69.6 Å². The van der Waals surface area contributed by atoms with Gasteiger partial charge in [-0.05, 0) is 107 Å². The van der Waals surface area contributed by atoms with Crippen molar-refractivity contribution in [3.05, 3.63) is 116 Å². The second-order valence-corrected chi connectivity index (χ2v) is 20.0. The summed E-state index contributed by atoms with van der Waals surface area (Å²) >= 11 is 7.95.